The zero-order valence-electron chi connectivity index (χ0n) is 7.72. The number of carbonyl (C=O) groups excluding carboxylic acids is 1. The van der Waals surface area contributed by atoms with E-state index in [9.17, 15) is 4.79 Å². The number of rotatable bonds is 4. The second-order valence-corrected chi connectivity index (χ2v) is 3.20. The monoisotopic (exact) mass is 225 g/mol. The fourth-order valence-electron chi connectivity index (χ4n) is 1.26. The quantitative estimate of drug-likeness (QED) is 0.459. The summed E-state index contributed by atoms with van der Waals surface area (Å²) in [6, 6.07) is 0. The number of imidazole rings is 1. The van der Waals surface area contributed by atoms with Gasteiger partial charge in [-0.05, 0) is 0 Å². The minimum absolute atomic E-state index is 0.335. The Morgan fingerprint density at radius 1 is 1.47 bits per heavy atom. The van der Waals surface area contributed by atoms with Crippen LogP contribution in [0.5, 0.6) is 0 Å². The normalized spacial score (nSPS) is 10.5. The van der Waals surface area contributed by atoms with E-state index in [1.807, 2.05) is 0 Å². The van der Waals surface area contributed by atoms with E-state index in [0.717, 1.165) is 0 Å². The minimum Gasteiger partial charge on any atom is -0.357 e. The summed E-state index contributed by atoms with van der Waals surface area (Å²) >= 11 is 5.83. The molecular formula is C8H8ClN5O. The van der Waals surface area contributed by atoms with Crippen molar-refractivity contribution in [3.63, 3.8) is 0 Å². The van der Waals surface area contributed by atoms with Gasteiger partial charge in [-0.2, -0.15) is 0 Å². The topological polar surface area (TPSA) is 72.7 Å². The molecule has 2 rings (SSSR count). The molecule has 0 aromatic carbocycles. The van der Waals surface area contributed by atoms with Crippen molar-refractivity contribution in [1.29, 1.82) is 0 Å². The first-order chi connectivity index (χ1) is 7.33. The van der Waals surface area contributed by atoms with Crippen LogP contribution in [0.25, 0.3) is 11.2 Å². The van der Waals surface area contributed by atoms with Crippen LogP contribution in [0.1, 0.15) is 0 Å². The van der Waals surface area contributed by atoms with Gasteiger partial charge in [-0.3, -0.25) is 4.79 Å². The minimum atomic E-state index is 0.335. The predicted molar refractivity (Wildman–Crippen MR) is 54.4 cm³/mol. The van der Waals surface area contributed by atoms with E-state index >= 15 is 0 Å². The molecule has 78 valence electrons. The van der Waals surface area contributed by atoms with Crippen LogP contribution in [0.2, 0.25) is 5.15 Å². The summed E-state index contributed by atoms with van der Waals surface area (Å²) in [7, 11) is 0. The molecule has 0 saturated heterocycles. The van der Waals surface area contributed by atoms with Crippen molar-refractivity contribution in [3.8, 4) is 0 Å². The average molecular weight is 226 g/mol. The van der Waals surface area contributed by atoms with E-state index in [2.05, 4.69) is 20.3 Å². The number of fused-ring (bicyclic) bond motifs is 1. The summed E-state index contributed by atoms with van der Waals surface area (Å²) in [6.07, 6.45) is 3.66. The molecule has 0 radical (unpaired) electrons. The van der Waals surface area contributed by atoms with Crippen molar-refractivity contribution in [1.82, 2.24) is 24.8 Å². The molecule has 0 aliphatic rings. The third-order valence-corrected chi connectivity index (χ3v) is 2.21. The van der Waals surface area contributed by atoms with Gasteiger partial charge in [-0.25, -0.2) is 15.0 Å². The van der Waals surface area contributed by atoms with Crippen LogP contribution < -0.4 is 5.32 Å². The summed E-state index contributed by atoms with van der Waals surface area (Å²) in [5.41, 5.74) is 1.24. The lowest BCUT2D eigenvalue weighted by Crippen LogP contribution is -2.17. The molecule has 7 heteroatoms. The Hall–Kier alpha value is -1.69. The molecule has 2 aromatic rings. The third kappa shape index (κ3) is 1.89. The van der Waals surface area contributed by atoms with Crippen LogP contribution in [0.3, 0.4) is 0 Å². The Morgan fingerprint density at radius 3 is 3.13 bits per heavy atom. The Bertz CT molecular complexity index is 483. The molecule has 0 saturated carbocycles. The first kappa shape index (κ1) is 9.85. The Labute approximate surface area is 90.3 Å². The van der Waals surface area contributed by atoms with Crippen LogP contribution in [0.4, 0.5) is 0 Å². The Kier molecular flexibility index (Phi) is 2.77. The zero-order valence-corrected chi connectivity index (χ0v) is 8.48. The number of nitrogens with one attached hydrogen (secondary N) is 1. The second kappa shape index (κ2) is 4.22. The Morgan fingerprint density at radius 2 is 2.33 bits per heavy atom. The molecule has 0 spiro atoms. The van der Waals surface area contributed by atoms with Gasteiger partial charge in [0.2, 0.25) is 6.41 Å². The maximum atomic E-state index is 10.1. The number of halogens is 1. The van der Waals surface area contributed by atoms with Crippen LogP contribution in [0.15, 0.2) is 12.7 Å². The fraction of sp³-hybridized carbons (Fsp3) is 0.250. The van der Waals surface area contributed by atoms with Gasteiger partial charge in [0.25, 0.3) is 0 Å². The van der Waals surface area contributed by atoms with Crippen LogP contribution in [-0.2, 0) is 11.3 Å². The molecule has 2 aromatic heterocycles. The highest BCUT2D eigenvalue weighted by Gasteiger charge is 2.07. The highest BCUT2D eigenvalue weighted by atomic mass is 35.5. The lowest BCUT2D eigenvalue weighted by atomic mass is 10.5. The summed E-state index contributed by atoms with van der Waals surface area (Å²) in [6.45, 7) is 1.12. The van der Waals surface area contributed by atoms with Gasteiger partial charge >= 0.3 is 0 Å². The summed E-state index contributed by atoms with van der Waals surface area (Å²) < 4.78 is 1.80. The third-order valence-electron chi connectivity index (χ3n) is 1.94. The molecule has 1 amide bonds. The van der Waals surface area contributed by atoms with Crippen molar-refractivity contribution in [3.05, 3.63) is 17.8 Å². The van der Waals surface area contributed by atoms with E-state index in [1.165, 1.54) is 6.33 Å². The lowest BCUT2D eigenvalue weighted by molar-refractivity contribution is -0.109. The molecule has 0 atom stereocenters. The standard InChI is InChI=1S/C8H8ClN5O/c9-7-6-8(12-3-11-7)14(4-13-6)2-1-10-5-15/h3-5H,1-2H2,(H,10,15). The van der Waals surface area contributed by atoms with Crippen LogP contribution in [-0.4, -0.2) is 32.5 Å². The van der Waals surface area contributed by atoms with Crippen molar-refractivity contribution in [2.75, 3.05) is 6.54 Å². The predicted octanol–water partition coefficient (Wildman–Crippen LogP) is 0.226. The number of nitrogens with zero attached hydrogens (tertiary/aromatic N) is 4. The van der Waals surface area contributed by atoms with E-state index < -0.39 is 0 Å². The number of hydrogen-bond donors (Lipinski definition) is 1. The molecule has 0 unspecified atom stereocenters. The van der Waals surface area contributed by atoms with Gasteiger partial charge in [0, 0.05) is 13.1 Å². The maximum absolute atomic E-state index is 10.1. The van der Waals surface area contributed by atoms with Crippen molar-refractivity contribution < 1.29 is 4.79 Å². The first-order valence-corrected chi connectivity index (χ1v) is 4.69. The number of carbonyl (C=O) groups is 1. The molecule has 1 N–H and O–H groups in total. The molecule has 0 aliphatic carbocycles. The second-order valence-electron chi connectivity index (χ2n) is 2.85. The largest absolute Gasteiger partial charge is 0.357 e. The van der Waals surface area contributed by atoms with Gasteiger partial charge in [-0.15, -0.1) is 0 Å². The molecule has 6 nitrogen and oxygen atoms in total. The highest BCUT2D eigenvalue weighted by molar-refractivity contribution is 6.33. The van der Waals surface area contributed by atoms with Crippen LogP contribution in [0, 0.1) is 0 Å². The fourth-order valence-corrected chi connectivity index (χ4v) is 1.44. The average Bonchev–Trinajstić information content (AvgIpc) is 2.64. The molecular weight excluding hydrogens is 218 g/mol. The lowest BCUT2D eigenvalue weighted by Gasteiger charge is -2.01. The number of amides is 1. The van der Waals surface area contributed by atoms with Gasteiger partial charge in [0.15, 0.2) is 10.8 Å². The molecule has 0 aliphatic heterocycles. The molecule has 2 heterocycles. The van der Waals surface area contributed by atoms with E-state index in [0.29, 0.717) is 35.8 Å². The summed E-state index contributed by atoms with van der Waals surface area (Å²) in [5, 5.41) is 2.90. The Balaban J connectivity index is 2.28. The van der Waals surface area contributed by atoms with Gasteiger partial charge in [0.05, 0.1) is 6.33 Å². The SMILES string of the molecule is O=CNCCn1cnc2c(Cl)ncnc21. The van der Waals surface area contributed by atoms with Gasteiger partial charge < -0.3 is 9.88 Å². The first-order valence-electron chi connectivity index (χ1n) is 4.31. The molecule has 0 fully saturated rings. The van der Waals surface area contributed by atoms with Gasteiger partial charge in [0.1, 0.15) is 11.8 Å². The van der Waals surface area contributed by atoms with Crippen molar-refractivity contribution in [2.45, 2.75) is 6.54 Å². The van der Waals surface area contributed by atoms with E-state index in [-0.39, 0.29) is 0 Å². The maximum Gasteiger partial charge on any atom is 0.207 e. The van der Waals surface area contributed by atoms with Gasteiger partial charge in [-0.1, -0.05) is 11.6 Å². The highest BCUT2D eigenvalue weighted by Crippen LogP contribution is 2.16. The van der Waals surface area contributed by atoms with E-state index in [4.69, 9.17) is 11.6 Å². The summed E-state index contributed by atoms with van der Waals surface area (Å²) in [4.78, 5) is 22.0. The number of hydrogen-bond acceptors (Lipinski definition) is 4. The summed E-state index contributed by atoms with van der Waals surface area (Å²) in [5.74, 6) is 0. The van der Waals surface area contributed by atoms with Crippen molar-refractivity contribution in [2.24, 2.45) is 0 Å². The number of aromatic nitrogens is 4. The van der Waals surface area contributed by atoms with E-state index in [1.54, 1.807) is 10.9 Å². The smallest absolute Gasteiger partial charge is 0.207 e. The molecule has 0 bridgehead atoms. The zero-order chi connectivity index (χ0) is 10.7. The molecule has 15 heavy (non-hydrogen) atoms. The van der Waals surface area contributed by atoms with Crippen molar-refractivity contribution >= 4 is 29.2 Å². The van der Waals surface area contributed by atoms with Crippen LogP contribution >= 0.6 is 11.6 Å².